The van der Waals surface area contributed by atoms with Crippen LogP contribution in [0.3, 0.4) is 0 Å². The predicted molar refractivity (Wildman–Crippen MR) is 78.6 cm³/mol. The second-order valence-electron chi connectivity index (χ2n) is 6.92. The lowest BCUT2D eigenvalue weighted by Gasteiger charge is -2.37. The lowest BCUT2D eigenvalue weighted by Crippen LogP contribution is -2.43. The highest BCUT2D eigenvalue weighted by Crippen LogP contribution is 2.38. The van der Waals surface area contributed by atoms with Gasteiger partial charge in [-0.3, -0.25) is 0 Å². The largest absolute Gasteiger partial charge is 0.414 e. The summed E-state index contributed by atoms with van der Waals surface area (Å²) in [5.74, 6) is 0.333. The Bertz CT molecular complexity index is 275. The van der Waals surface area contributed by atoms with Gasteiger partial charge in [-0.25, -0.2) is 0 Å². The second kappa shape index (κ2) is 6.67. The molecule has 0 amide bonds. The molecule has 114 valence electrons. The zero-order valence-electron chi connectivity index (χ0n) is 13.2. The molecule has 3 atom stereocenters. The van der Waals surface area contributed by atoms with E-state index in [1.807, 2.05) is 0 Å². The van der Waals surface area contributed by atoms with Gasteiger partial charge in [0, 0.05) is 20.1 Å². The Hall–Kier alpha value is 0.0569. The van der Waals surface area contributed by atoms with Gasteiger partial charge in [0.1, 0.15) is 0 Å². The van der Waals surface area contributed by atoms with Crippen LogP contribution in [0.1, 0.15) is 33.6 Å². The molecule has 0 spiro atoms. The molecule has 0 aliphatic carbocycles. The Morgan fingerprint density at radius 3 is 2.42 bits per heavy atom. The minimum absolute atomic E-state index is 0.0474. The van der Waals surface area contributed by atoms with Crippen molar-refractivity contribution in [1.29, 1.82) is 0 Å². The summed E-state index contributed by atoms with van der Waals surface area (Å²) in [6.45, 7) is 12.0. The minimum atomic E-state index is -1.74. The Labute approximate surface area is 118 Å². The van der Waals surface area contributed by atoms with E-state index >= 15 is 0 Å². The van der Waals surface area contributed by atoms with E-state index in [0.29, 0.717) is 12.5 Å². The van der Waals surface area contributed by atoms with E-state index in [2.05, 4.69) is 33.9 Å². The number of ether oxygens (including phenoxy) is 2. The molecule has 0 radical (unpaired) electrons. The molecule has 0 aromatic rings. The molecule has 1 fully saturated rings. The Morgan fingerprint density at radius 1 is 1.32 bits per heavy atom. The van der Waals surface area contributed by atoms with Crippen molar-refractivity contribution in [3.8, 4) is 0 Å². The quantitative estimate of drug-likeness (QED) is 0.764. The van der Waals surface area contributed by atoms with Gasteiger partial charge in [-0.2, -0.15) is 0 Å². The highest BCUT2D eigenvalue weighted by atomic mass is 28.4. The van der Waals surface area contributed by atoms with Crippen molar-refractivity contribution >= 4 is 8.32 Å². The molecule has 0 saturated carbocycles. The molecule has 1 saturated heterocycles. The summed E-state index contributed by atoms with van der Waals surface area (Å²) < 4.78 is 17.3. The van der Waals surface area contributed by atoms with Crippen LogP contribution in [0.2, 0.25) is 18.1 Å². The first kappa shape index (κ1) is 17.1. The van der Waals surface area contributed by atoms with Crippen LogP contribution < -0.4 is 0 Å². The lowest BCUT2D eigenvalue weighted by molar-refractivity contribution is -0.123. The van der Waals surface area contributed by atoms with Crippen LogP contribution in [0.15, 0.2) is 0 Å². The van der Waals surface area contributed by atoms with Gasteiger partial charge in [0.2, 0.25) is 0 Å². The molecule has 5 heteroatoms. The van der Waals surface area contributed by atoms with Crippen molar-refractivity contribution in [1.82, 2.24) is 0 Å². The number of aliphatic hydroxyl groups excluding tert-OH is 1. The summed E-state index contributed by atoms with van der Waals surface area (Å²) in [7, 11) is -0.0761. The highest BCUT2D eigenvalue weighted by Gasteiger charge is 2.40. The van der Waals surface area contributed by atoms with Crippen LogP contribution in [0.25, 0.3) is 0 Å². The summed E-state index contributed by atoms with van der Waals surface area (Å²) >= 11 is 0. The van der Waals surface area contributed by atoms with Crippen LogP contribution >= 0.6 is 0 Å². The maximum atomic E-state index is 9.13. The number of hydrogen-bond donors (Lipinski definition) is 1. The molecular formula is C14H30O4Si. The van der Waals surface area contributed by atoms with Gasteiger partial charge in [0.15, 0.2) is 14.6 Å². The third-order valence-electron chi connectivity index (χ3n) is 4.52. The normalized spacial score (nSPS) is 28.9. The van der Waals surface area contributed by atoms with Crippen molar-refractivity contribution in [2.75, 3.05) is 20.3 Å². The molecule has 1 rings (SSSR count). The first-order valence-electron chi connectivity index (χ1n) is 7.14. The van der Waals surface area contributed by atoms with Crippen molar-refractivity contribution < 1.29 is 19.0 Å². The zero-order valence-corrected chi connectivity index (χ0v) is 14.2. The van der Waals surface area contributed by atoms with Crippen molar-refractivity contribution in [2.24, 2.45) is 5.92 Å². The van der Waals surface area contributed by atoms with Crippen LogP contribution in [-0.4, -0.2) is 46.1 Å². The molecule has 1 unspecified atom stereocenters. The average Bonchev–Trinajstić information content (AvgIpc) is 2.68. The van der Waals surface area contributed by atoms with Gasteiger partial charge in [0.25, 0.3) is 0 Å². The number of hydrogen-bond acceptors (Lipinski definition) is 4. The molecule has 0 aromatic carbocycles. The molecule has 0 bridgehead atoms. The predicted octanol–water partition coefficient (Wildman–Crippen LogP) is 2.77. The van der Waals surface area contributed by atoms with Crippen LogP contribution in [0.5, 0.6) is 0 Å². The third kappa shape index (κ3) is 4.53. The number of aliphatic hydroxyl groups is 1. The van der Waals surface area contributed by atoms with Crippen LogP contribution in [0, 0.1) is 5.92 Å². The number of rotatable bonds is 6. The highest BCUT2D eigenvalue weighted by molar-refractivity contribution is 6.74. The molecule has 4 nitrogen and oxygen atoms in total. The summed E-state index contributed by atoms with van der Waals surface area (Å²) in [6, 6.07) is 0. The minimum Gasteiger partial charge on any atom is -0.414 e. The van der Waals surface area contributed by atoms with E-state index in [1.54, 1.807) is 7.11 Å². The van der Waals surface area contributed by atoms with Gasteiger partial charge in [-0.05, 0) is 30.5 Å². The van der Waals surface area contributed by atoms with Gasteiger partial charge in [-0.15, -0.1) is 0 Å². The molecule has 1 aliphatic rings. The zero-order chi connectivity index (χ0) is 14.7. The standard InChI is InChI=1S/C14H30O4Si/c1-14(2,3)19(5,6)17-10-12-11(7-8-15)9-13(16-4)18-12/h11-13,15H,7-10H2,1-6H3/t11-,12+,13?/m0/s1. The maximum absolute atomic E-state index is 9.13. The second-order valence-corrected chi connectivity index (χ2v) is 11.7. The number of methoxy groups -OCH3 is 1. The van der Waals surface area contributed by atoms with E-state index in [-0.39, 0.29) is 24.0 Å². The summed E-state index contributed by atoms with van der Waals surface area (Å²) in [5.41, 5.74) is 0. The van der Waals surface area contributed by atoms with Gasteiger partial charge < -0.3 is 19.0 Å². The fourth-order valence-electron chi connectivity index (χ4n) is 2.06. The van der Waals surface area contributed by atoms with Crippen LogP contribution in [0.4, 0.5) is 0 Å². The van der Waals surface area contributed by atoms with Gasteiger partial charge in [0.05, 0.1) is 12.7 Å². The van der Waals surface area contributed by atoms with Gasteiger partial charge >= 0.3 is 0 Å². The van der Waals surface area contributed by atoms with Gasteiger partial charge in [-0.1, -0.05) is 20.8 Å². The summed E-state index contributed by atoms with van der Waals surface area (Å²) in [6.07, 6.45) is 1.50. The molecule has 19 heavy (non-hydrogen) atoms. The Kier molecular flexibility index (Phi) is 6.01. The molecule has 1 N–H and O–H groups in total. The fraction of sp³-hybridized carbons (Fsp3) is 1.00. The molecule has 1 aliphatic heterocycles. The lowest BCUT2D eigenvalue weighted by atomic mass is 9.98. The Balaban J connectivity index is 2.55. The topological polar surface area (TPSA) is 47.9 Å². The van der Waals surface area contributed by atoms with E-state index in [9.17, 15) is 0 Å². The smallest absolute Gasteiger partial charge is 0.192 e. The SMILES string of the molecule is COC1C[C@H](CCO)[C@@H](CO[Si](C)(C)C(C)(C)C)O1. The van der Waals surface area contributed by atoms with Crippen molar-refractivity contribution in [3.63, 3.8) is 0 Å². The molecule has 1 heterocycles. The first-order valence-corrected chi connectivity index (χ1v) is 10.0. The maximum Gasteiger partial charge on any atom is 0.192 e. The summed E-state index contributed by atoms with van der Waals surface area (Å²) in [5, 5.41) is 9.34. The van der Waals surface area contributed by atoms with Crippen LogP contribution in [-0.2, 0) is 13.9 Å². The molecular weight excluding hydrogens is 260 g/mol. The summed E-state index contributed by atoms with van der Waals surface area (Å²) in [4.78, 5) is 0. The van der Waals surface area contributed by atoms with Crippen molar-refractivity contribution in [2.45, 2.75) is 64.1 Å². The first-order chi connectivity index (χ1) is 8.71. The van der Waals surface area contributed by atoms with E-state index in [1.165, 1.54) is 0 Å². The fourth-order valence-corrected chi connectivity index (χ4v) is 3.08. The Morgan fingerprint density at radius 2 is 1.95 bits per heavy atom. The monoisotopic (exact) mass is 290 g/mol. The van der Waals surface area contributed by atoms with E-state index in [4.69, 9.17) is 19.0 Å². The van der Waals surface area contributed by atoms with E-state index in [0.717, 1.165) is 12.8 Å². The average molecular weight is 290 g/mol. The van der Waals surface area contributed by atoms with Crippen molar-refractivity contribution in [3.05, 3.63) is 0 Å². The third-order valence-corrected chi connectivity index (χ3v) is 9.03. The molecule has 0 aromatic heterocycles. The van der Waals surface area contributed by atoms with E-state index < -0.39 is 8.32 Å².